The molecule has 1 fully saturated rings. The lowest BCUT2D eigenvalue weighted by atomic mass is 9.96. The Kier molecular flexibility index (Phi) is 6.42. The molecule has 0 saturated carbocycles. The standard InChI is InChI=1S/C12H25N3O/c1-2-4-11(13)12(16)15-8-6-10-5-3-7-14-9-10/h10-11,14H,2-9,13H2,1H3,(H,15,16). The Labute approximate surface area is 98.3 Å². The first-order valence-corrected chi connectivity index (χ1v) is 6.48. The Morgan fingerprint density at radius 3 is 3.06 bits per heavy atom. The van der Waals surface area contributed by atoms with Crippen molar-refractivity contribution < 1.29 is 4.79 Å². The second kappa shape index (κ2) is 7.63. The van der Waals surface area contributed by atoms with Crippen molar-refractivity contribution in [3.63, 3.8) is 0 Å². The quantitative estimate of drug-likeness (QED) is 0.623. The van der Waals surface area contributed by atoms with E-state index in [0.29, 0.717) is 0 Å². The average molecular weight is 227 g/mol. The van der Waals surface area contributed by atoms with Crippen LogP contribution in [0.15, 0.2) is 0 Å². The van der Waals surface area contributed by atoms with Gasteiger partial charge in [0, 0.05) is 6.54 Å². The summed E-state index contributed by atoms with van der Waals surface area (Å²) in [7, 11) is 0. The fourth-order valence-electron chi connectivity index (χ4n) is 2.14. The highest BCUT2D eigenvalue weighted by Crippen LogP contribution is 2.12. The number of nitrogens with two attached hydrogens (primary N) is 1. The van der Waals surface area contributed by atoms with Crippen molar-refractivity contribution in [2.45, 2.75) is 45.1 Å². The van der Waals surface area contributed by atoms with Crippen LogP contribution >= 0.6 is 0 Å². The molecule has 0 aliphatic carbocycles. The molecule has 4 N–H and O–H groups in total. The molecule has 1 saturated heterocycles. The molecule has 2 atom stereocenters. The van der Waals surface area contributed by atoms with Crippen molar-refractivity contribution in [3.05, 3.63) is 0 Å². The fourth-order valence-corrected chi connectivity index (χ4v) is 2.14. The number of carbonyl (C=O) groups is 1. The lowest BCUT2D eigenvalue weighted by Crippen LogP contribution is -2.41. The van der Waals surface area contributed by atoms with Crippen LogP contribution in [0.25, 0.3) is 0 Å². The Balaban J connectivity index is 2.07. The van der Waals surface area contributed by atoms with E-state index in [0.717, 1.165) is 44.8 Å². The molecular formula is C12H25N3O. The van der Waals surface area contributed by atoms with Crippen molar-refractivity contribution in [2.24, 2.45) is 11.7 Å². The van der Waals surface area contributed by atoms with Gasteiger partial charge in [-0.25, -0.2) is 0 Å². The number of nitrogens with one attached hydrogen (secondary N) is 2. The maximum Gasteiger partial charge on any atom is 0.236 e. The number of carbonyl (C=O) groups excluding carboxylic acids is 1. The molecule has 1 rings (SSSR count). The van der Waals surface area contributed by atoms with Gasteiger partial charge in [-0.05, 0) is 44.7 Å². The van der Waals surface area contributed by atoms with E-state index in [2.05, 4.69) is 10.6 Å². The highest BCUT2D eigenvalue weighted by atomic mass is 16.2. The van der Waals surface area contributed by atoms with Gasteiger partial charge in [-0.15, -0.1) is 0 Å². The predicted molar refractivity (Wildman–Crippen MR) is 66.1 cm³/mol. The molecule has 0 aromatic carbocycles. The first-order valence-electron chi connectivity index (χ1n) is 6.48. The molecule has 0 spiro atoms. The first kappa shape index (κ1) is 13.5. The highest BCUT2D eigenvalue weighted by Gasteiger charge is 2.14. The predicted octanol–water partition coefficient (Wildman–Crippen LogP) is 0.620. The molecule has 1 amide bonds. The van der Waals surface area contributed by atoms with Crippen molar-refractivity contribution in [1.29, 1.82) is 0 Å². The highest BCUT2D eigenvalue weighted by molar-refractivity contribution is 5.81. The minimum absolute atomic E-state index is 0.00520. The van der Waals surface area contributed by atoms with Gasteiger partial charge in [-0.1, -0.05) is 13.3 Å². The van der Waals surface area contributed by atoms with Gasteiger partial charge in [-0.3, -0.25) is 4.79 Å². The molecular weight excluding hydrogens is 202 g/mol. The molecule has 94 valence electrons. The average Bonchev–Trinajstić information content (AvgIpc) is 2.30. The van der Waals surface area contributed by atoms with Gasteiger partial charge in [0.25, 0.3) is 0 Å². The Morgan fingerprint density at radius 1 is 1.62 bits per heavy atom. The summed E-state index contributed by atoms with van der Waals surface area (Å²) in [4.78, 5) is 11.5. The van der Waals surface area contributed by atoms with Gasteiger partial charge in [-0.2, -0.15) is 0 Å². The molecule has 16 heavy (non-hydrogen) atoms. The second-order valence-corrected chi connectivity index (χ2v) is 4.69. The number of piperidine rings is 1. The third-order valence-corrected chi connectivity index (χ3v) is 3.19. The minimum atomic E-state index is -0.325. The largest absolute Gasteiger partial charge is 0.355 e. The molecule has 1 aliphatic heterocycles. The number of hydrogen-bond acceptors (Lipinski definition) is 3. The molecule has 1 heterocycles. The van der Waals surface area contributed by atoms with Crippen LogP contribution in [0.3, 0.4) is 0 Å². The normalized spacial score (nSPS) is 22.8. The van der Waals surface area contributed by atoms with Crippen LogP contribution in [-0.2, 0) is 4.79 Å². The van der Waals surface area contributed by atoms with Crippen LogP contribution in [0.4, 0.5) is 0 Å². The summed E-state index contributed by atoms with van der Waals surface area (Å²) in [6.45, 7) is 5.05. The third kappa shape index (κ3) is 4.94. The topological polar surface area (TPSA) is 67.2 Å². The van der Waals surface area contributed by atoms with Gasteiger partial charge in [0.15, 0.2) is 0 Å². The molecule has 0 radical (unpaired) electrons. The molecule has 2 unspecified atom stereocenters. The lowest BCUT2D eigenvalue weighted by Gasteiger charge is -2.22. The van der Waals surface area contributed by atoms with Crippen molar-refractivity contribution in [2.75, 3.05) is 19.6 Å². The molecule has 4 nitrogen and oxygen atoms in total. The van der Waals surface area contributed by atoms with Gasteiger partial charge in [0.2, 0.25) is 5.91 Å². The Hall–Kier alpha value is -0.610. The summed E-state index contributed by atoms with van der Waals surface area (Å²) in [5.74, 6) is 0.724. The molecule has 0 aromatic heterocycles. The number of hydrogen-bond donors (Lipinski definition) is 3. The van der Waals surface area contributed by atoms with E-state index in [-0.39, 0.29) is 11.9 Å². The van der Waals surface area contributed by atoms with Gasteiger partial charge < -0.3 is 16.4 Å². The van der Waals surface area contributed by atoms with E-state index in [4.69, 9.17) is 5.73 Å². The van der Waals surface area contributed by atoms with Gasteiger partial charge in [0.05, 0.1) is 6.04 Å². The maximum atomic E-state index is 11.5. The van der Waals surface area contributed by atoms with E-state index in [1.165, 1.54) is 12.8 Å². The Morgan fingerprint density at radius 2 is 2.44 bits per heavy atom. The van der Waals surface area contributed by atoms with E-state index in [1.54, 1.807) is 0 Å². The van der Waals surface area contributed by atoms with Crippen LogP contribution in [0.2, 0.25) is 0 Å². The van der Waals surface area contributed by atoms with Crippen molar-refractivity contribution in [1.82, 2.24) is 10.6 Å². The van der Waals surface area contributed by atoms with Crippen LogP contribution in [0.5, 0.6) is 0 Å². The minimum Gasteiger partial charge on any atom is -0.355 e. The summed E-state index contributed by atoms with van der Waals surface area (Å²) in [5, 5.41) is 6.30. The van der Waals surface area contributed by atoms with E-state index < -0.39 is 0 Å². The zero-order chi connectivity index (χ0) is 11.8. The number of rotatable bonds is 6. The van der Waals surface area contributed by atoms with E-state index >= 15 is 0 Å². The van der Waals surface area contributed by atoms with Crippen LogP contribution in [0.1, 0.15) is 39.0 Å². The van der Waals surface area contributed by atoms with Crippen LogP contribution in [-0.4, -0.2) is 31.6 Å². The summed E-state index contributed by atoms with van der Waals surface area (Å²) < 4.78 is 0. The fraction of sp³-hybridized carbons (Fsp3) is 0.917. The monoisotopic (exact) mass is 227 g/mol. The van der Waals surface area contributed by atoms with Crippen molar-refractivity contribution >= 4 is 5.91 Å². The lowest BCUT2D eigenvalue weighted by molar-refractivity contribution is -0.122. The summed E-state index contributed by atoms with van der Waals surface area (Å²) in [6, 6.07) is -0.325. The van der Waals surface area contributed by atoms with Gasteiger partial charge in [0.1, 0.15) is 0 Å². The summed E-state index contributed by atoms with van der Waals surface area (Å²) in [6.07, 6.45) is 5.34. The van der Waals surface area contributed by atoms with Crippen LogP contribution < -0.4 is 16.4 Å². The Bertz CT molecular complexity index is 202. The second-order valence-electron chi connectivity index (χ2n) is 4.69. The maximum absolute atomic E-state index is 11.5. The van der Waals surface area contributed by atoms with Gasteiger partial charge >= 0.3 is 0 Å². The third-order valence-electron chi connectivity index (χ3n) is 3.19. The molecule has 0 bridgehead atoms. The molecule has 1 aliphatic rings. The van der Waals surface area contributed by atoms with Crippen LogP contribution in [0, 0.1) is 5.92 Å². The number of amides is 1. The SMILES string of the molecule is CCCC(N)C(=O)NCCC1CCCNC1. The zero-order valence-electron chi connectivity index (χ0n) is 10.3. The van der Waals surface area contributed by atoms with E-state index in [9.17, 15) is 4.79 Å². The first-order chi connectivity index (χ1) is 7.74. The van der Waals surface area contributed by atoms with Crippen molar-refractivity contribution in [3.8, 4) is 0 Å². The summed E-state index contributed by atoms with van der Waals surface area (Å²) in [5.41, 5.74) is 5.72. The zero-order valence-corrected chi connectivity index (χ0v) is 10.3. The summed E-state index contributed by atoms with van der Waals surface area (Å²) >= 11 is 0. The molecule has 0 aromatic rings. The molecule has 4 heteroatoms. The smallest absolute Gasteiger partial charge is 0.236 e. The van der Waals surface area contributed by atoms with E-state index in [1.807, 2.05) is 6.92 Å².